The van der Waals surface area contributed by atoms with E-state index in [0.717, 1.165) is 21.7 Å². The Kier molecular flexibility index (Phi) is 3.62. The Hall–Kier alpha value is -1.88. The first-order chi connectivity index (χ1) is 8.58. The molecule has 0 fully saturated rings. The molecule has 1 heterocycles. The highest BCUT2D eigenvalue weighted by Crippen LogP contribution is 2.28. The normalized spacial score (nSPS) is 12.1. The summed E-state index contributed by atoms with van der Waals surface area (Å²) in [5, 5.41) is 0. The third-order valence-corrected chi connectivity index (χ3v) is 3.66. The molecular weight excluding hydrogens is 248 g/mol. The fraction of sp³-hybridized carbons (Fsp3) is 0.231. The predicted molar refractivity (Wildman–Crippen MR) is 71.4 cm³/mol. The number of primary amides is 1. The number of hydrogen-bond acceptors (Lipinski definition) is 4. The fourth-order valence-corrected chi connectivity index (χ4v) is 2.54. The Morgan fingerprint density at radius 1 is 1.39 bits per heavy atom. The van der Waals surface area contributed by atoms with Crippen LogP contribution in [0.4, 0.5) is 4.79 Å². The number of carbonyl (C=O) groups excluding carboxylic acids is 1. The van der Waals surface area contributed by atoms with Crippen molar-refractivity contribution in [2.24, 2.45) is 5.73 Å². The van der Waals surface area contributed by atoms with Gasteiger partial charge in [-0.15, -0.1) is 11.3 Å². The monoisotopic (exact) mass is 262 g/mol. The topological polar surface area (TPSA) is 65.2 Å². The molecule has 2 rings (SSSR count). The van der Waals surface area contributed by atoms with E-state index in [1.165, 1.54) is 0 Å². The zero-order chi connectivity index (χ0) is 13.1. The lowest BCUT2D eigenvalue weighted by atomic mass is 10.1. The Balaban J connectivity index is 2.20. The van der Waals surface area contributed by atoms with Gasteiger partial charge in [0.1, 0.15) is 6.10 Å². The number of amides is 1. The molecule has 0 aliphatic heterocycles. The number of aryl methyl sites for hydroxylation is 1. The van der Waals surface area contributed by atoms with Crippen molar-refractivity contribution in [2.45, 2.75) is 20.0 Å². The molecule has 1 unspecified atom stereocenters. The van der Waals surface area contributed by atoms with Gasteiger partial charge in [-0.2, -0.15) is 0 Å². The molecule has 1 amide bonds. The average Bonchev–Trinajstić information content (AvgIpc) is 2.75. The second-order valence-electron chi connectivity index (χ2n) is 3.97. The quantitative estimate of drug-likeness (QED) is 0.923. The van der Waals surface area contributed by atoms with E-state index in [9.17, 15) is 4.79 Å². The summed E-state index contributed by atoms with van der Waals surface area (Å²) in [6.07, 6.45) is -1.09. The van der Waals surface area contributed by atoms with Crippen LogP contribution in [-0.4, -0.2) is 11.1 Å². The number of benzene rings is 1. The first-order valence-electron chi connectivity index (χ1n) is 5.54. The van der Waals surface area contributed by atoms with Crippen molar-refractivity contribution in [3.8, 4) is 10.4 Å². The average molecular weight is 262 g/mol. The fourth-order valence-electron chi connectivity index (χ4n) is 1.73. The van der Waals surface area contributed by atoms with Crippen LogP contribution in [0.15, 0.2) is 29.8 Å². The van der Waals surface area contributed by atoms with E-state index < -0.39 is 6.09 Å². The van der Waals surface area contributed by atoms with E-state index in [1.807, 2.05) is 36.7 Å². The zero-order valence-electron chi connectivity index (χ0n) is 10.2. The van der Waals surface area contributed by atoms with E-state index in [-0.39, 0.29) is 6.10 Å². The number of nitrogens with zero attached hydrogens (tertiary/aromatic N) is 1. The van der Waals surface area contributed by atoms with Crippen LogP contribution in [0.3, 0.4) is 0 Å². The van der Waals surface area contributed by atoms with Crippen LogP contribution in [0.25, 0.3) is 10.4 Å². The highest BCUT2D eigenvalue weighted by atomic mass is 32.1. The van der Waals surface area contributed by atoms with Crippen LogP contribution < -0.4 is 5.73 Å². The number of rotatable bonds is 3. The summed E-state index contributed by atoms with van der Waals surface area (Å²) in [6, 6.07) is 7.86. The number of ether oxygens (including phenoxy) is 1. The second-order valence-corrected chi connectivity index (χ2v) is 4.82. The number of nitrogens with two attached hydrogens (primary N) is 1. The maximum absolute atomic E-state index is 10.7. The molecule has 0 spiro atoms. The van der Waals surface area contributed by atoms with Crippen molar-refractivity contribution in [2.75, 3.05) is 0 Å². The summed E-state index contributed by atoms with van der Waals surface area (Å²) in [5.41, 5.74) is 9.88. The summed E-state index contributed by atoms with van der Waals surface area (Å²) in [5.74, 6) is 0. The third kappa shape index (κ3) is 2.68. The van der Waals surface area contributed by atoms with Gasteiger partial charge in [-0.25, -0.2) is 9.78 Å². The van der Waals surface area contributed by atoms with E-state index in [4.69, 9.17) is 10.5 Å². The molecule has 94 valence electrons. The van der Waals surface area contributed by atoms with E-state index >= 15 is 0 Å². The van der Waals surface area contributed by atoms with Crippen LogP contribution in [0.2, 0.25) is 0 Å². The molecule has 1 aromatic heterocycles. The Morgan fingerprint density at radius 3 is 2.56 bits per heavy atom. The van der Waals surface area contributed by atoms with Crippen molar-refractivity contribution in [3.05, 3.63) is 41.0 Å². The van der Waals surface area contributed by atoms with Crippen LogP contribution in [0, 0.1) is 6.92 Å². The number of aromatic nitrogens is 1. The molecule has 0 saturated carbocycles. The van der Waals surface area contributed by atoms with Gasteiger partial charge in [-0.3, -0.25) is 0 Å². The van der Waals surface area contributed by atoms with Crippen LogP contribution in [-0.2, 0) is 4.74 Å². The van der Waals surface area contributed by atoms with Crippen molar-refractivity contribution < 1.29 is 9.53 Å². The van der Waals surface area contributed by atoms with Gasteiger partial charge in [0.2, 0.25) is 0 Å². The van der Waals surface area contributed by atoms with Crippen molar-refractivity contribution in [3.63, 3.8) is 0 Å². The smallest absolute Gasteiger partial charge is 0.405 e. The third-order valence-electron chi connectivity index (χ3n) is 2.68. The van der Waals surface area contributed by atoms with Gasteiger partial charge in [0, 0.05) is 0 Å². The molecule has 18 heavy (non-hydrogen) atoms. The Bertz CT molecular complexity index is 548. The molecule has 0 bridgehead atoms. The van der Waals surface area contributed by atoms with E-state index in [2.05, 4.69) is 4.98 Å². The molecule has 0 aliphatic carbocycles. The van der Waals surface area contributed by atoms with Crippen molar-refractivity contribution in [1.29, 1.82) is 0 Å². The minimum absolute atomic E-state index is 0.334. The SMILES string of the molecule is Cc1ncsc1-c1ccc(C(C)OC(N)=O)cc1. The van der Waals surface area contributed by atoms with Gasteiger partial charge in [-0.1, -0.05) is 24.3 Å². The number of carbonyl (C=O) groups is 1. The minimum Gasteiger partial charge on any atom is -0.442 e. The zero-order valence-corrected chi connectivity index (χ0v) is 11.0. The van der Waals surface area contributed by atoms with Crippen LogP contribution >= 0.6 is 11.3 Å². The molecule has 0 radical (unpaired) electrons. The largest absolute Gasteiger partial charge is 0.442 e. The molecule has 1 aromatic carbocycles. The Labute approximate surface area is 109 Å². The maximum Gasteiger partial charge on any atom is 0.405 e. The lowest BCUT2D eigenvalue weighted by molar-refractivity contribution is 0.116. The molecule has 1 atom stereocenters. The summed E-state index contributed by atoms with van der Waals surface area (Å²) >= 11 is 1.61. The summed E-state index contributed by atoms with van der Waals surface area (Å²) in [4.78, 5) is 16.1. The molecule has 4 nitrogen and oxygen atoms in total. The first kappa shape index (κ1) is 12.6. The molecular formula is C13H14N2O2S. The minimum atomic E-state index is -0.759. The van der Waals surface area contributed by atoms with Gasteiger partial charge >= 0.3 is 6.09 Å². The van der Waals surface area contributed by atoms with Crippen LogP contribution in [0.5, 0.6) is 0 Å². The lowest BCUT2D eigenvalue weighted by Gasteiger charge is -2.12. The van der Waals surface area contributed by atoms with Crippen molar-refractivity contribution in [1.82, 2.24) is 4.98 Å². The highest BCUT2D eigenvalue weighted by molar-refractivity contribution is 7.13. The summed E-state index contributed by atoms with van der Waals surface area (Å²) in [6.45, 7) is 3.77. The van der Waals surface area contributed by atoms with E-state index in [1.54, 1.807) is 18.3 Å². The first-order valence-corrected chi connectivity index (χ1v) is 6.42. The second kappa shape index (κ2) is 5.18. The standard InChI is InChI=1S/C13H14N2O2S/c1-8-12(18-7-15-8)11-5-3-10(4-6-11)9(2)17-13(14)16/h3-7,9H,1-2H3,(H2,14,16). The molecule has 2 N–H and O–H groups in total. The summed E-state index contributed by atoms with van der Waals surface area (Å²) < 4.78 is 4.92. The van der Waals surface area contributed by atoms with Gasteiger partial charge in [0.25, 0.3) is 0 Å². The molecule has 0 saturated heterocycles. The highest BCUT2D eigenvalue weighted by Gasteiger charge is 2.10. The van der Waals surface area contributed by atoms with Gasteiger partial charge in [-0.05, 0) is 25.0 Å². The Morgan fingerprint density at radius 2 is 2.06 bits per heavy atom. The number of hydrogen-bond donors (Lipinski definition) is 1. The molecule has 2 aromatic rings. The predicted octanol–water partition coefficient (Wildman–Crippen LogP) is 3.27. The summed E-state index contributed by atoms with van der Waals surface area (Å²) in [7, 11) is 0. The van der Waals surface area contributed by atoms with Crippen LogP contribution in [0.1, 0.15) is 24.3 Å². The van der Waals surface area contributed by atoms with Gasteiger partial charge in [0.15, 0.2) is 0 Å². The lowest BCUT2D eigenvalue weighted by Crippen LogP contribution is -2.15. The number of thiazole rings is 1. The molecule has 0 aliphatic rings. The van der Waals surface area contributed by atoms with Gasteiger partial charge in [0.05, 0.1) is 16.1 Å². The van der Waals surface area contributed by atoms with Crippen molar-refractivity contribution >= 4 is 17.4 Å². The molecule has 5 heteroatoms. The van der Waals surface area contributed by atoms with E-state index in [0.29, 0.717) is 0 Å². The maximum atomic E-state index is 10.7. The van der Waals surface area contributed by atoms with Gasteiger partial charge < -0.3 is 10.5 Å².